The van der Waals surface area contributed by atoms with E-state index in [1.807, 2.05) is 0 Å². The Balaban J connectivity index is 2.78. The summed E-state index contributed by atoms with van der Waals surface area (Å²) in [6, 6.07) is 0. The number of carboxylic acid groups (broad SMARTS) is 1. The van der Waals surface area contributed by atoms with Crippen LogP contribution in [0.3, 0.4) is 0 Å². The van der Waals surface area contributed by atoms with Crippen LogP contribution in [0.25, 0.3) is 0 Å². The molecular formula is C11H19NO6S. The average Bonchev–Trinajstić information content (AvgIpc) is 2.28. The standard InChI is InChI=1S/C11H19NO6S/c1-2-18-9(13)8-19(16,17)12-11(10(14)15)6-4-3-5-7-11/h12H,2-8H2,1H3,(H,14,15). The van der Waals surface area contributed by atoms with Gasteiger partial charge in [-0.1, -0.05) is 19.3 Å². The summed E-state index contributed by atoms with van der Waals surface area (Å²) in [6.07, 6.45) is 2.66. The maximum absolute atomic E-state index is 11.8. The van der Waals surface area contributed by atoms with Gasteiger partial charge in [-0.25, -0.2) is 8.42 Å². The van der Waals surface area contributed by atoms with E-state index >= 15 is 0 Å². The number of rotatable bonds is 6. The van der Waals surface area contributed by atoms with Crippen molar-refractivity contribution in [3.8, 4) is 0 Å². The number of hydrogen-bond donors (Lipinski definition) is 2. The second-order valence-corrected chi connectivity index (χ2v) is 6.34. The molecule has 0 heterocycles. The Bertz CT molecular complexity index is 438. The van der Waals surface area contributed by atoms with Crippen molar-refractivity contribution in [2.45, 2.75) is 44.6 Å². The van der Waals surface area contributed by atoms with Crippen LogP contribution in [-0.4, -0.2) is 43.4 Å². The zero-order valence-electron chi connectivity index (χ0n) is 10.8. The monoisotopic (exact) mass is 293 g/mol. The first kappa shape index (κ1) is 15.9. The second-order valence-electron chi connectivity index (χ2n) is 4.61. The van der Waals surface area contributed by atoms with Crippen LogP contribution in [0.15, 0.2) is 0 Å². The number of carbonyl (C=O) groups is 2. The first-order valence-corrected chi connectivity index (χ1v) is 7.87. The van der Waals surface area contributed by atoms with Gasteiger partial charge in [-0.05, 0) is 19.8 Å². The lowest BCUT2D eigenvalue weighted by Crippen LogP contribution is -2.56. The third-order valence-corrected chi connectivity index (χ3v) is 4.40. The molecule has 0 atom stereocenters. The Hall–Kier alpha value is -1.15. The van der Waals surface area contributed by atoms with Crippen molar-refractivity contribution in [3.63, 3.8) is 0 Å². The van der Waals surface area contributed by atoms with Gasteiger partial charge < -0.3 is 9.84 Å². The van der Waals surface area contributed by atoms with Gasteiger partial charge in [0.1, 0.15) is 5.54 Å². The molecule has 1 aliphatic rings. The molecular weight excluding hydrogens is 274 g/mol. The van der Waals surface area contributed by atoms with Gasteiger partial charge >= 0.3 is 11.9 Å². The fourth-order valence-electron chi connectivity index (χ4n) is 2.21. The number of sulfonamides is 1. The summed E-state index contributed by atoms with van der Waals surface area (Å²) >= 11 is 0. The third-order valence-electron chi connectivity index (χ3n) is 3.08. The SMILES string of the molecule is CCOC(=O)CS(=O)(=O)NC1(C(=O)O)CCCCC1. The Kier molecular flexibility index (Phi) is 5.30. The van der Waals surface area contributed by atoms with Gasteiger partial charge in [-0.15, -0.1) is 0 Å². The van der Waals surface area contributed by atoms with Crippen LogP contribution < -0.4 is 4.72 Å². The molecule has 7 nitrogen and oxygen atoms in total. The Morgan fingerprint density at radius 1 is 1.26 bits per heavy atom. The highest BCUT2D eigenvalue weighted by Gasteiger charge is 2.43. The minimum Gasteiger partial charge on any atom is -0.480 e. The van der Waals surface area contributed by atoms with Gasteiger partial charge in [0.15, 0.2) is 5.75 Å². The summed E-state index contributed by atoms with van der Waals surface area (Å²) in [4.78, 5) is 22.5. The van der Waals surface area contributed by atoms with Crippen molar-refractivity contribution in [3.05, 3.63) is 0 Å². The minimum absolute atomic E-state index is 0.0818. The summed E-state index contributed by atoms with van der Waals surface area (Å²) in [5.41, 5.74) is -1.48. The lowest BCUT2D eigenvalue weighted by Gasteiger charge is -2.33. The first-order chi connectivity index (χ1) is 8.81. The van der Waals surface area contributed by atoms with Crippen LogP contribution >= 0.6 is 0 Å². The van der Waals surface area contributed by atoms with Crippen molar-refractivity contribution in [1.29, 1.82) is 0 Å². The van der Waals surface area contributed by atoms with E-state index in [1.54, 1.807) is 6.92 Å². The third kappa shape index (κ3) is 4.46. The molecule has 0 aliphatic heterocycles. The molecule has 0 radical (unpaired) electrons. The molecule has 1 saturated carbocycles. The largest absolute Gasteiger partial charge is 0.480 e. The van der Waals surface area contributed by atoms with Gasteiger partial charge in [-0.2, -0.15) is 4.72 Å². The van der Waals surface area contributed by atoms with E-state index in [1.165, 1.54) is 0 Å². The Morgan fingerprint density at radius 2 is 1.84 bits per heavy atom. The summed E-state index contributed by atoms with van der Waals surface area (Å²) in [7, 11) is -4.01. The normalized spacial score (nSPS) is 18.8. The van der Waals surface area contributed by atoms with Gasteiger partial charge in [0.2, 0.25) is 10.0 Å². The molecule has 2 N–H and O–H groups in total. The van der Waals surface area contributed by atoms with Gasteiger partial charge in [-0.3, -0.25) is 9.59 Å². The molecule has 0 aromatic heterocycles. The van der Waals surface area contributed by atoms with Gasteiger partial charge in [0.25, 0.3) is 0 Å². The van der Waals surface area contributed by atoms with Crippen LogP contribution in [0.5, 0.6) is 0 Å². The van der Waals surface area contributed by atoms with E-state index < -0.39 is 33.3 Å². The van der Waals surface area contributed by atoms with E-state index in [4.69, 9.17) is 0 Å². The van der Waals surface area contributed by atoms with E-state index in [0.29, 0.717) is 12.8 Å². The molecule has 1 fully saturated rings. The van der Waals surface area contributed by atoms with E-state index in [0.717, 1.165) is 6.42 Å². The number of nitrogens with one attached hydrogen (secondary N) is 1. The van der Waals surface area contributed by atoms with E-state index in [2.05, 4.69) is 9.46 Å². The predicted molar refractivity (Wildman–Crippen MR) is 67.0 cm³/mol. The lowest BCUT2D eigenvalue weighted by molar-refractivity contribution is -0.145. The second kappa shape index (κ2) is 6.33. The van der Waals surface area contributed by atoms with Crippen molar-refractivity contribution in [2.24, 2.45) is 0 Å². The van der Waals surface area contributed by atoms with Crippen LogP contribution in [0.4, 0.5) is 0 Å². The molecule has 0 bridgehead atoms. The molecule has 0 aromatic carbocycles. The highest BCUT2D eigenvalue weighted by atomic mass is 32.2. The maximum atomic E-state index is 11.8. The van der Waals surface area contributed by atoms with Crippen molar-refractivity contribution >= 4 is 22.0 Å². The Morgan fingerprint density at radius 3 is 2.32 bits per heavy atom. The summed E-state index contributed by atoms with van der Waals surface area (Å²) < 4.78 is 30.4. The van der Waals surface area contributed by atoms with Gasteiger partial charge in [0, 0.05) is 0 Å². The first-order valence-electron chi connectivity index (χ1n) is 6.22. The summed E-state index contributed by atoms with van der Waals surface area (Å²) in [5.74, 6) is -2.93. The maximum Gasteiger partial charge on any atom is 0.324 e. The molecule has 0 aromatic rings. The highest BCUT2D eigenvalue weighted by molar-refractivity contribution is 7.90. The molecule has 19 heavy (non-hydrogen) atoms. The Labute approximate surface area is 112 Å². The predicted octanol–water partition coefficient (Wildman–Crippen LogP) is 0.256. The fourth-order valence-corrected chi connectivity index (χ4v) is 3.56. The van der Waals surface area contributed by atoms with Crippen molar-refractivity contribution in [2.75, 3.05) is 12.4 Å². The van der Waals surface area contributed by atoms with Crippen LogP contribution in [0.1, 0.15) is 39.0 Å². The number of esters is 1. The van der Waals surface area contributed by atoms with Crippen LogP contribution in [0.2, 0.25) is 0 Å². The molecule has 1 aliphatic carbocycles. The number of aliphatic carboxylic acids is 1. The molecule has 110 valence electrons. The summed E-state index contributed by atoms with van der Waals surface area (Å²) in [5, 5.41) is 9.25. The number of carbonyl (C=O) groups excluding carboxylic acids is 1. The molecule has 0 saturated heterocycles. The lowest BCUT2D eigenvalue weighted by atomic mass is 9.83. The fraction of sp³-hybridized carbons (Fsp3) is 0.818. The van der Waals surface area contributed by atoms with Crippen molar-refractivity contribution < 1.29 is 27.9 Å². The quantitative estimate of drug-likeness (QED) is 0.680. The van der Waals surface area contributed by atoms with Crippen molar-refractivity contribution in [1.82, 2.24) is 4.72 Å². The smallest absolute Gasteiger partial charge is 0.324 e. The summed E-state index contributed by atoms with van der Waals surface area (Å²) in [6.45, 7) is 1.65. The minimum atomic E-state index is -4.01. The van der Waals surface area contributed by atoms with Crippen LogP contribution in [0, 0.1) is 0 Å². The van der Waals surface area contributed by atoms with Crippen LogP contribution in [-0.2, 0) is 24.3 Å². The van der Waals surface area contributed by atoms with E-state index in [9.17, 15) is 23.1 Å². The van der Waals surface area contributed by atoms with E-state index in [-0.39, 0.29) is 19.4 Å². The number of carboxylic acids is 1. The molecule has 0 unspecified atom stereocenters. The molecule has 1 rings (SSSR count). The van der Waals surface area contributed by atoms with Gasteiger partial charge in [0.05, 0.1) is 6.61 Å². The number of ether oxygens (including phenoxy) is 1. The average molecular weight is 293 g/mol. The molecule has 0 amide bonds. The molecule has 8 heteroatoms. The highest BCUT2D eigenvalue weighted by Crippen LogP contribution is 2.29. The topological polar surface area (TPSA) is 110 Å². The zero-order chi connectivity index (χ0) is 14.5. The zero-order valence-corrected chi connectivity index (χ0v) is 11.7. The molecule has 0 spiro atoms. The number of hydrogen-bond acceptors (Lipinski definition) is 5.